The molecule has 0 saturated heterocycles. The Hall–Kier alpha value is -3.35. The molecular weight excluding hydrogens is 344 g/mol. The highest BCUT2D eigenvalue weighted by Gasteiger charge is 2.12. The number of urea groups is 1. The maximum absolute atomic E-state index is 11.8. The van der Waals surface area contributed by atoms with Crippen molar-refractivity contribution in [1.29, 1.82) is 0 Å². The molecule has 0 saturated carbocycles. The van der Waals surface area contributed by atoms with E-state index in [1.54, 1.807) is 0 Å². The van der Waals surface area contributed by atoms with Gasteiger partial charge in [0.05, 0.1) is 18.1 Å². The van der Waals surface area contributed by atoms with E-state index in [2.05, 4.69) is 32.1 Å². The van der Waals surface area contributed by atoms with Crippen LogP contribution in [0.2, 0.25) is 0 Å². The van der Waals surface area contributed by atoms with Crippen LogP contribution in [0.4, 0.5) is 4.79 Å². The summed E-state index contributed by atoms with van der Waals surface area (Å²) in [7, 11) is 1.28. The quantitative estimate of drug-likeness (QED) is 0.657. The second-order valence-corrected chi connectivity index (χ2v) is 6.13. The van der Waals surface area contributed by atoms with Gasteiger partial charge in [0.15, 0.2) is 0 Å². The lowest BCUT2D eigenvalue weighted by molar-refractivity contribution is -0.139. The van der Waals surface area contributed by atoms with Crippen LogP contribution >= 0.6 is 0 Å². The van der Waals surface area contributed by atoms with Crippen LogP contribution in [0.1, 0.15) is 5.56 Å². The fraction of sp³-hybridized carbons (Fsp3) is 0.250. The van der Waals surface area contributed by atoms with Crippen molar-refractivity contribution in [3.05, 3.63) is 54.1 Å². The summed E-state index contributed by atoms with van der Waals surface area (Å²) < 4.78 is 6.58. The molecule has 0 fully saturated rings. The maximum Gasteiger partial charge on any atom is 0.325 e. The Kier molecular flexibility index (Phi) is 5.71. The van der Waals surface area contributed by atoms with Gasteiger partial charge < -0.3 is 19.9 Å². The Morgan fingerprint density at radius 2 is 1.81 bits per heavy atom. The molecule has 0 bridgehead atoms. The summed E-state index contributed by atoms with van der Waals surface area (Å²) in [5.74, 6) is 0.361. The molecule has 0 spiro atoms. The average Bonchev–Trinajstić information content (AvgIpc) is 3.05. The number of carbonyl (C=O) groups excluding carboxylic acids is 2. The molecule has 1 heterocycles. The number of amides is 2. The van der Waals surface area contributed by atoms with Gasteiger partial charge in [0.2, 0.25) is 0 Å². The second-order valence-electron chi connectivity index (χ2n) is 6.13. The number of para-hydroxylation sites is 2. The first-order valence-electron chi connectivity index (χ1n) is 8.69. The Morgan fingerprint density at radius 1 is 1.07 bits per heavy atom. The van der Waals surface area contributed by atoms with Crippen LogP contribution in [0, 0.1) is 6.92 Å². The van der Waals surface area contributed by atoms with Crippen LogP contribution < -0.4 is 10.6 Å². The molecule has 0 aliphatic carbocycles. The van der Waals surface area contributed by atoms with Crippen molar-refractivity contribution >= 4 is 23.0 Å². The summed E-state index contributed by atoms with van der Waals surface area (Å²) in [5.41, 5.74) is 4.12. The number of ether oxygens (including phenoxy) is 1. The van der Waals surface area contributed by atoms with Crippen LogP contribution in [0.5, 0.6) is 0 Å². The van der Waals surface area contributed by atoms with Crippen molar-refractivity contribution in [3.8, 4) is 11.4 Å². The number of imidazole rings is 1. The van der Waals surface area contributed by atoms with E-state index in [1.165, 1.54) is 12.7 Å². The summed E-state index contributed by atoms with van der Waals surface area (Å²) in [6.07, 6.45) is 0. The van der Waals surface area contributed by atoms with E-state index >= 15 is 0 Å². The van der Waals surface area contributed by atoms with Gasteiger partial charge in [-0.3, -0.25) is 4.79 Å². The summed E-state index contributed by atoms with van der Waals surface area (Å²) in [4.78, 5) is 27.6. The minimum Gasteiger partial charge on any atom is -0.468 e. The van der Waals surface area contributed by atoms with Crippen LogP contribution in [0.25, 0.3) is 22.4 Å². The Labute approximate surface area is 157 Å². The molecule has 2 aromatic carbocycles. The highest BCUT2D eigenvalue weighted by Crippen LogP contribution is 2.24. The van der Waals surface area contributed by atoms with Gasteiger partial charge in [0, 0.05) is 18.7 Å². The lowest BCUT2D eigenvalue weighted by Crippen LogP contribution is -2.40. The van der Waals surface area contributed by atoms with Gasteiger partial charge in [0.25, 0.3) is 0 Å². The van der Waals surface area contributed by atoms with Crippen LogP contribution in [-0.2, 0) is 16.1 Å². The summed E-state index contributed by atoms with van der Waals surface area (Å²) in [6, 6.07) is 15.7. The molecule has 7 nitrogen and oxygen atoms in total. The van der Waals surface area contributed by atoms with Gasteiger partial charge >= 0.3 is 12.0 Å². The molecule has 3 aromatic rings. The van der Waals surface area contributed by atoms with Crippen molar-refractivity contribution in [2.24, 2.45) is 0 Å². The summed E-state index contributed by atoms with van der Waals surface area (Å²) >= 11 is 0. The van der Waals surface area contributed by atoms with Crippen molar-refractivity contribution in [1.82, 2.24) is 20.2 Å². The molecular formula is C20H22N4O3. The molecule has 2 N–H and O–H groups in total. The lowest BCUT2D eigenvalue weighted by Gasteiger charge is -2.11. The average molecular weight is 366 g/mol. The Morgan fingerprint density at radius 3 is 2.56 bits per heavy atom. The zero-order chi connectivity index (χ0) is 19.2. The number of aryl methyl sites for hydroxylation is 1. The molecule has 0 aliphatic rings. The van der Waals surface area contributed by atoms with E-state index in [-0.39, 0.29) is 6.54 Å². The lowest BCUT2D eigenvalue weighted by atomic mass is 10.1. The first kappa shape index (κ1) is 18.4. The van der Waals surface area contributed by atoms with E-state index in [0.29, 0.717) is 13.1 Å². The zero-order valence-electron chi connectivity index (χ0n) is 15.4. The van der Waals surface area contributed by atoms with Gasteiger partial charge in [-0.1, -0.05) is 42.0 Å². The van der Waals surface area contributed by atoms with E-state index < -0.39 is 12.0 Å². The van der Waals surface area contributed by atoms with Gasteiger partial charge in [0.1, 0.15) is 12.4 Å². The van der Waals surface area contributed by atoms with Crippen molar-refractivity contribution in [2.45, 2.75) is 13.5 Å². The fourth-order valence-electron chi connectivity index (χ4n) is 2.79. The SMILES string of the molecule is COC(=O)CNC(=O)NCCn1c(-c2ccc(C)cc2)nc2ccccc21. The molecule has 0 unspecified atom stereocenters. The number of aromatic nitrogens is 2. The Balaban J connectivity index is 1.75. The Bertz CT molecular complexity index is 948. The number of fused-ring (bicyclic) bond motifs is 1. The third-order valence-corrected chi connectivity index (χ3v) is 4.21. The standard InChI is InChI=1S/C20H22N4O3/c1-14-7-9-15(10-8-14)19-23-16-5-3-4-6-17(16)24(19)12-11-21-20(26)22-13-18(25)27-2/h3-10H,11-13H2,1-2H3,(H2,21,22,26). The van der Waals surface area contributed by atoms with Crippen molar-refractivity contribution in [3.63, 3.8) is 0 Å². The number of esters is 1. The minimum absolute atomic E-state index is 0.162. The monoisotopic (exact) mass is 366 g/mol. The van der Waals surface area contributed by atoms with Crippen LogP contribution in [-0.4, -0.2) is 41.8 Å². The molecule has 2 amide bonds. The third-order valence-electron chi connectivity index (χ3n) is 4.21. The van der Waals surface area contributed by atoms with E-state index in [0.717, 1.165) is 22.4 Å². The predicted molar refractivity (Wildman–Crippen MR) is 103 cm³/mol. The second kappa shape index (κ2) is 8.35. The molecule has 140 valence electrons. The van der Waals surface area contributed by atoms with E-state index in [4.69, 9.17) is 4.98 Å². The smallest absolute Gasteiger partial charge is 0.325 e. The number of hydrogen-bond acceptors (Lipinski definition) is 4. The topological polar surface area (TPSA) is 85.2 Å². The number of rotatable bonds is 6. The fourth-order valence-corrected chi connectivity index (χ4v) is 2.79. The zero-order valence-corrected chi connectivity index (χ0v) is 15.4. The number of methoxy groups -OCH3 is 1. The highest BCUT2D eigenvalue weighted by atomic mass is 16.5. The van der Waals surface area contributed by atoms with Crippen molar-refractivity contribution < 1.29 is 14.3 Å². The molecule has 0 aliphatic heterocycles. The highest BCUT2D eigenvalue weighted by molar-refractivity contribution is 5.81. The van der Waals surface area contributed by atoms with Gasteiger partial charge in [-0.05, 0) is 19.1 Å². The molecule has 0 radical (unpaired) electrons. The number of nitrogens with zero attached hydrogens (tertiary/aromatic N) is 2. The molecule has 7 heteroatoms. The largest absolute Gasteiger partial charge is 0.468 e. The first-order valence-corrected chi connectivity index (χ1v) is 8.69. The van der Waals surface area contributed by atoms with E-state index in [1.807, 2.05) is 43.3 Å². The summed E-state index contributed by atoms with van der Waals surface area (Å²) in [6.45, 7) is 2.83. The van der Waals surface area contributed by atoms with Crippen LogP contribution in [0.15, 0.2) is 48.5 Å². The number of hydrogen-bond donors (Lipinski definition) is 2. The molecule has 3 rings (SSSR count). The van der Waals surface area contributed by atoms with Crippen molar-refractivity contribution in [2.75, 3.05) is 20.2 Å². The third kappa shape index (κ3) is 4.44. The molecule has 27 heavy (non-hydrogen) atoms. The normalized spacial score (nSPS) is 10.6. The van der Waals surface area contributed by atoms with E-state index in [9.17, 15) is 9.59 Å². The molecule has 1 aromatic heterocycles. The number of carbonyl (C=O) groups is 2. The van der Waals surface area contributed by atoms with Gasteiger partial charge in [-0.15, -0.1) is 0 Å². The predicted octanol–water partition coefficient (Wildman–Crippen LogP) is 2.48. The maximum atomic E-state index is 11.8. The number of benzene rings is 2. The first-order chi connectivity index (χ1) is 13.1. The molecule has 0 atom stereocenters. The summed E-state index contributed by atoms with van der Waals surface area (Å²) in [5, 5.41) is 5.20. The number of nitrogens with one attached hydrogen (secondary N) is 2. The van der Waals surface area contributed by atoms with Gasteiger partial charge in [-0.25, -0.2) is 9.78 Å². The minimum atomic E-state index is -0.493. The van der Waals surface area contributed by atoms with Crippen LogP contribution in [0.3, 0.4) is 0 Å². The van der Waals surface area contributed by atoms with Gasteiger partial charge in [-0.2, -0.15) is 0 Å².